The van der Waals surface area contributed by atoms with Crippen molar-refractivity contribution in [1.29, 1.82) is 5.26 Å². The summed E-state index contributed by atoms with van der Waals surface area (Å²) in [6.45, 7) is 1.83. The number of amides is 1. The molecule has 0 saturated carbocycles. The Labute approximate surface area is 121 Å². The summed E-state index contributed by atoms with van der Waals surface area (Å²) in [5.41, 5.74) is 8.36. The summed E-state index contributed by atoms with van der Waals surface area (Å²) in [7, 11) is 0. The average Bonchev–Trinajstić information content (AvgIpc) is 2.43. The molecule has 1 amide bonds. The second-order valence-corrected chi connectivity index (χ2v) is 4.76. The number of hydrogen-bond donors (Lipinski definition) is 2. The number of carbonyl (C=O) groups is 1. The highest BCUT2D eigenvalue weighted by Crippen LogP contribution is 2.22. The predicted octanol–water partition coefficient (Wildman–Crippen LogP) is 3.35. The molecule has 0 spiro atoms. The maximum absolute atomic E-state index is 12.2. The molecule has 100 valence electrons. The fourth-order valence-electron chi connectivity index (χ4n) is 1.77. The van der Waals surface area contributed by atoms with Crippen molar-refractivity contribution in [3.63, 3.8) is 0 Å². The minimum absolute atomic E-state index is 0.290. The molecule has 20 heavy (non-hydrogen) atoms. The van der Waals surface area contributed by atoms with E-state index in [0.29, 0.717) is 27.5 Å². The van der Waals surface area contributed by atoms with Gasteiger partial charge >= 0.3 is 0 Å². The number of benzene rings is 2. The molecule has 0 radical (unpaired) electrons. The smallest absolute Gasteiger partial charge is 0.256 e. The Morgan fingerprint density at radius 1 is 1.30 bits per heavy atom. The van der Waals surface area contributed by atoms with Crippen molar-refractivity contribution >= 4 is 28.9 Å². The Balaban J connectivity index is 2.28. The van der Waals surface area contributed by atoms with Crippen LogP contribution in [0.3, 0.4) is 0 Å². The van der Waals surface area contributed by atoms with Crippen molar-refractivity contribution in [2.45, 2.75) is 6.92 Å². The first kappa shape index (κ1) is 13.9. The van der Waals surface area contributed by atoms with Crippen molar-refractivity contribution in [3.05, 3.63) is 58.1 Å². The van der Waals surface area contributed by atoms with Gasteiger partial charge in [0.15, 0.2) is 0 Å². The lowest BCUT2D eigenvalue weighted by atomic mass is 10.1. The summed E-state index contributed by atoms with van der Waals surface area (Å²) in [6.07, 6.45) is 0. The molecule has 0 atom stereocenters. The molecule has 0 aliphatic carbocycles. The molecule has 0 unspecified atom stereocenters. The van der Waals surface area contributed by atoms with Crippen molar-refractivity contribution in [1.82, 2.24) is 0 Å². The molecule has 0 aliphatic rings. The summed E-state index contributed by atoms with van der Waals surface area (Å²) in [5, 5.41) is 12.0. The number of anilines is 2. The lowest BCUT2D eigenvalue weighted by Gasteiger charge is -2.10. The Bertz CT molecular complexity index is 720. The molecule has 3 N–H and O–H groups in total. The first-order valence-electron chi connectivity index (χ1n) is 5.88. The molecule has 0 heterocycles. The van der Waals surface area contributed by atoms with E-state index >= 15 is 0 Å². The van der Waals surface area contributed by atoms with Gasteiger partial charge in [0.1, 0.15) is 0 Å². The molecule has 4 nitrogen and oxygen atoms in total. The van der Waals surface area contributed by atoms with E-state index in [1.165, 1.54) is 6.07 Å². The van der Waals surface area contributed by atoms with E-state index in [0.717, 1.165) is 5.56 Å². The molecule has 2 rings (SSSR count). The standard InChI is InChI=1S/C15H12ClN3O/c1-9-2-4-11(16)7-12(9)15(20)19-14-5-3-10(8-17)6-13(14)18/h2-7H,18H2,1H3,(H,19,20). The largest absolute Gasteiger partial charge is 0.397 e. The van der Waals surface area contributed by atoms with Gasteiger partial charge in [0, 0.05) is 10.6 Å². The molecule has 2 aromatic rings. The zero-order chi connectivity index (χ0) is 14.7. The van der Waals surface area contributed by atoms with Gasteiger partial charge in [-0.2, -0.15) is 5.26 Å². The molecule has 0 aromatic heterocycles. The van der Waals surface area contributed by atoms with Gasteiger partial charge < -0.3 is 11.1 Å². The van der Waals surface area contributed by atoms with Crippen LogP contribution >= 0.6 is 11.6 Å². The minimum atomic E-state index is -0.290. The highest BCUT2D eigenvalue weighted by Gasteiger charge is 2.11. The van der Waals surface area contributed by atoms with E-state index in [1.807, 2.05) is 13.0 Å². The number of nitrogen functional groups attached to an aromatic ring is 1. The molecule has 0 aliphatic heterocycles. The van der Waals surface area contributed by atoms with Gasteiger partial charge in [0.25, 0.3) is 5.91 Å². The van der Waals surface area contributed by atoms with Crippen LogP contribution in [0.4, 0.5) is 11.4 Å². The molecule has 5 heteroatoms. The second kappa shape index (κ2) is 5.64. The number of nitrogens with two attached hydrogens (primary N) is 1. The van der Waals surface area contributed by atoms with Crippen LogP contribution in [-0.2, 0) is 0 Å². The number of hydrogen-bond acceptors (Lipinski definition) is 3. The second-order valence-electron chi connectivity index (χ2n) is 4.33. The number of nitrogens with zero attached hydrogens (tertiary/aromatic N) is 1. The van der Waals surface area contributed by atoms with Crippen LogP contribution < -0.4 is 11.1 Å². The molecule has 0 bridgehead atoms. The Morgan fingerprint density at radius 3 is 2.70 bits per heavy atom. The van der Waals surface area contributed by atoms with E-state index in [2.05, 4.69) is 5.32 Å². The van der Waals surface area contributed by atoms with Crippen LogP contribution in [0.25, 0.3) is 0 Å². The number of halogens is 1. The number of aryl methyl sites for hydroxylation is 1. The van der Waals surface area contributed by atoms with Gasteiger partial charge in [-0.05, 0) is 42.8 Å². The maximum atomic E-state index is 12.2. The molecular weight excluding hydrogens is 274 g/mol. The summed E-state index contributed by atoms with van der Waals surface area (Å²) < 4.78 is 0. The van der Waals surface area contributed by atoms with Crippen LogP contribution in [0.2, 0.25) is 5.02 Å². The average molecular weight is 286 g/mol. The summed E-state index contributed by atoms with van der Waals surface area (Å²) in [4.78, 5) is 12.2. The van der Waals surface area contributed by atoms with E-state index in [1.54, 1.807) is 30.3 Å². The third kappa shape index (κ3) is 2.90. The van der Waals surface area contributed by atoms with E-state index in [-0.39, 0.29) is 5.91 Å². The van der Waals surface area contributed by atoms with Crippen molar-refractivity contribution in [2.24, 2.45) is 0 Å². The van der Waals surface area contributed by atoms with Gasteiger partial charge in [-0.25, -0.2) is 0 Å². The Kier molecular flexibility index (Phi) is 3.92. The van der Waals surface area contributed by atoms with Gasteiger partial charge in [-0.15, -0.1) is 0 Å². The quantitative estimate of drug-likeness (QED) is 0.831. The zero-order valence-corrected chi connectivity index (χ0v) is 11.5. The van der Waals surface area contributed by atoms with E-state index < -0.39 is 0 Å². The monoisotopic (exact) mass is 285 g/mol. The Hall–Kier alpha value is -2.51. The van der Waals surface area contributed by atoms with Gasteiger partial charge in [0.05, 0.1) is 23.0 Å². The zero-order valence-electron chi connectivity index (χ0n) is 10.8. The van der Waals surface area contributed by atoms with Crippen molar-refractivity contribution in [2.75, 3.05) is 11.1 Å². The molecule has 2 aromatic carbocycles. The van der Waals surface area contributed by atoms with Crippen molar-refractivity contribution < 1.29 is 4.79 Å². The van der Waals surface area contributed by atoms with Crippen LogP contribution in [0.1, 0.15) is 21.5 Å². The number of rotatable bonds is 2. The van der Waals surface area contributed by atoms with Crippen LogP contribution in [-0.4, -0.2) is 5.91 Å². The van der Waals surface area contributed by atoms with E-state index in [4.69, 9.17) is 22.6 Å². The minimum Gasteiger partial charge on any atom is -0.397 e. The summed E-state index contributed by atoms with van der Waals surface area (Å²) in [6, 6.07) is 11.8. The van der Waals surface area contributed by atoms with Gasteiger partial charge in [-0.3, -0.25) is 4.79 Å². The number of nitrogens with one attached hydrogen (secondary N) is 1. The fraction of sp³-hybridized carbons (Fsp3) is 0.0667. The topological polar surface area (TPSA) is 78.9 Å². The van der Waals surface area contributed by atoms with E-state index in [9.17, 15) is 4.79 Å². The fourth-order valence-corrected chi connectivity index (χ4v) is 1.95. The van der Waals surface area contributed by atoms with Crippen LogP contribution in [0.15, 0.2) is 36.4 Å². The lowest BCUT2D eigenvalue weighted by molar-refractivity contribution is 0.102. The normalized spacial score (nSPS) is 9.85. The third-order valence-electron chi connectivity index (χ3n) is 2.87. The first-order chi connectivity index (χ1) is 9.51. The summed E-state index contributed by atoms with van der Waals surface area (Å²) in [5.74, 6) is -0.290. The molecule has 0 fully saturated rings. The SMILES string of the molecule is Cc1ccc(Cl)cc1C(=O)Nc1ccc(C#N)cc1N. The number of carbonyl (C=O) groups excluding carboxylic acids is 1. The third-order valence-corrected chi connectivity index (χ3v) is 3.11. The maximum Gasteiger partial charge on any atom is 0.256 e. The van der Waals surface area contributed by atoms with Gasteiger partial charge in [0.2, 0.25) is 0 Å². The summed E-state index contributed by atoms with van der Waals surface area (Å²) >= 11 is 5.89. The number of nitriles is 1. The predicted molar refractivity (Wildman–Crippen MR) is 79.7 cm³/mol. The van der Waals surface area contributed by atoms with Crippen LogP contribution in [0, 0.1) is 18.3 Å². The Morgan fingerprint density at radius 2 is 2.05 bits per heavy atom. The van der Waals surface area contributed by atoms with Crippen LogP contribution in [0.5, 0.6) is 0 Å². The molecule has 0 saturated heterocycles. The first-order valence-corrected chi connectivity index (χ1v) is 6.26. The lowest BCUT2D eigenvalue weighted by Crippen LogP contribution is -2.14. The highest BCUT2D eigenvalue weighted by atomic mass is 35.5. The molecular formula is C15H12ClN3O. The highest BCUT2D eigenvalue weighted by molar-refractivity contribution is 6.31. The van der Waals surface area contributed by atoms with Gasteiger partial charge in [-0.1, -0.05) is 17.7 Å². The van der Waals surface area contributed by atoms with Crippen molar-refractivity contribution in [3.8, 4) is 6.07 Å².